The van der Waals surface area contributed by atoms with Crippen molar-refractivity contribution in [2.24, 2.45) is 23.2 Å². The molecule has 0 aliphatic heterocycles. The number of benzene rings is 1. The van der Waals surface area contributed by atoms with Gasteiger partial charge in [0.15, 0.2) is 0 Å². The van der Waals surface area contributed by atoms with Gasteiger partial charge in [0.1, 0.15) is 5.75 Å². The summed E-state index contributed by atoms with van der Waals surface area (Å²) < 4.78 is 5.92. The summed E-state index contributed by atoms with van der Waals surface area (Å²) in [6.07, 6.45) is 7.29. The number of aryl methyl sites for hydroxylation is 2. The Hall–Kier alpha value is -1.31. The molecule has 2 nitrogen and oxygen atoms in total. The van der Waals surface area contributed by atoms with Crippen LogP contribution in [0.5, 0.6) is 5.75 Å². The first-order chi connectivity index (χ1) is 10.1. The third-order valence-corrected chi connectivity index (χ3v) is 6.07. The van der Waals surface area contributed by atoms with E-state index < -0.39 is 0 Å². The summed E-state index contributed by atoms with van der Waals surface area (Å²) in [5.41, 5.74) is 1.96. The fourth-order valence-corrected chi connectivity index (χ4v) is 5.52. The monoisotopic (exact) mass is 284 g/mol. The second-order valence-corrected chi connectivity index (χ2v) is 7.81. The molecule has 0 radical (unpaired) electrons. The van der Waals surface area contributed by atoms with Crippen LogP contribution in [-0.4, -0.2) is 5.97 Å². The summed E-state index contributed by atoms with van der Waals surface area (Å²) >= 11 is 0. The van der Waals surface area contributed by atoms with Gasteiger partial charge < -0.3 is 4.74 Å². The second-order valence-electron chi connectivity index (χ2n) is 7.81. The van der Waals surface area contributed by atoms with E-state index in [-0.39, 0.29) is 11.4 Å². The van der Waals surface area contributed by atoms with Crippen molar-refractivity contribution in [1.29, 1.82) is 0 Å². The highest BCUT2D eigenvalue weighted by Crippen LogP contribution is 2.60. The van der Waals surface area contributed by atoms with Crippen LogP contribution in [0.15, 0.2) is 18.2 Å². The third kappa shape index (κ3) is 2.11. The predicted octanol–water partition coefficient (Wildman–Crippen LogP) is 4.43. The first-order valence-electron chi connectivity index (χ1n) is 8.34. The zero-order valence-electron chi connectivity index (χ0n) is 13.0. The Bertz CT molecular complexity index is 532. The van der Waals surface area contributed by atoms with Gasteiger partial charge in [0.25, 0.3) is 0 Å². The van der Waals surface area contributed by atoms with Crippen molar-refractivity contribution < 1.29 is 9.53 Å². The van der Waals surface area contributed by atoms with Gasteiger partial charge in [0.05, 0.1) is 5.41 Å². The van der Waals surface area contributed by atoms with E-state index in [2.05, 4.69) is 0 Å². The van der Waals surface area contributed by atoms with Gasteiger partial charge in [0.2, 0.25) is 0 Å². The molecular weight excluding hydrogens is 260 g/mol. The molecule has 0 amide bonds. The Morgan fingerprint density at radius 2 is 1.48 bits per heavy atom. The standard InChI is InChI=1S/C19H24O2/c1-12-4-3-5-13(2)17(12)21-18(20)19-9-14-6-15(10-19)8-16(7-14)11-19/h3-5,14-16H,6-11H2,1-2H3. The molecular formula is C19H24O2. The predicted molar refractivity (Wildman–Crippen MR) is 82.2 cm³/mol. The Morgan fingerprint density at radius 1 is 1.00 bits per heavy atom. The molecule has 0 spiro atoms. The summed E-state index contributed by atoms with van der Waals surface area (Å²) in [5.74, 6) is 3.18. The summed E-state index contributed by atoms with van der Waals surface area (Å²) in [5, 5.41) is 0. The minimum Gasteiger partial charge on any atom is -0.426 e. The van der Waals surface area contributed by atoms with Crippen molar-refractivity contribution in [3.63, 3.8) is 0 Å². The van der Waals surface area contributed by atoms with Gasteiger partial charge in [-0.15, -0.1) is 0 Å². The SMILES string of the molecule is Cc1cccc(C)c1OC(=O)C12CC3CC(CC(C3)C1)C2. The van der Waals surface area contributed by atoms with Gasteiger partial charge in [-0.1, -0.05) is 18.2 Å². The lowest BCUT2D eigenvalue weighted by Gasteiger charge is -2.55. The molecule has 4 fully saturated rings. The highest BCUT2D eigenvalue weighted by atomic mass is 16.5. The minimum absolute atomic E-state index is 0.0546. The van der Waals surface area contributed by atoms with E-state index in [4.69, 9.17) is 4.74 Å². The average Bonchev–Trinajstić information content (AvgIpc) is 2.41. The zero-order valence-corrected chi connectivity index (χ0v) is 13.0. The summed E-state index contributed by atoms with van der Waals surface area (Å²) in [6, 6.07) is 6.07. The van der Waals surface area contributed by atoms with E-state index in [0.717, 1.165) is 53.9 Å². The van der Waals surface area contributed by atoms with E-state index in [0.29, 0.717) is 0 Å². The van der Waals surface area contributed by atoms with Crippen LogP contribution in [0.2, 0.25) is 0 Å². The molecule has 1 aromatic carbocycles. The first kappa shape index (κ1) is 13.4. The van der Waals surface area contributed by atoms with Crippen LogP contribution in [0.25, 0.3) is 0 Å². The molecule has 21 heavy (non-hydrogen) atoms. The van der Waals surface area contributed by atoms with E-state index in [1.54, 1.807) is 0 Å². The minimum atomic E-state index is -0.163. The number of esters is 1. The number of para-hydroxylation sites is 1. The molecule has 4 saturated carbocycles. The maximum Gasteiger partial charge on any atom is 0.317 e. The topological polar surface area (TPSA) is 26.3 Å². The molecule has 0 unspecified atom stereocenters. The highest BCUT2D eigenvalue weighted by Gasteiger charge is 2.55. The highest BCUT2D eigenvalue weighted by molar-refractivity contribution is 5.80. The van der Waals surface area contributed by atoms with Gasteiger partial charge in [0, 0.05) is 0 Å². The van der Waals surface area contributed by atoms with E-state index in [1.807, 2.05) is 32.0 Å². The van der Waals surface area contributed by atoms with Gasteiger partial charge in [-0.25, -0.2) is 0 Å². The molecule has 1 aromatic rings. The van der Waals surface area contributed by atoms with Crippen LogP contribution in [-0.2, 0) is 4.79 Å². The molecule has 2 heteroatoms. The number of carbonyl (C=O) groups excluding carboxylic acids is 1. The Morgan fingerprint density at radius 3 is 1.95 bits per heavy atom. The smallest absolute Gasteiger partial charge is 0.317 e. The van der Waals surface area contributed by atoms with Gasteiger partial charge in [-0.2, -0.15) is 0 Å². The molecule has 4 aliphatic rings. The molecule has 112 valence electrons. The molecule has 4 aliphatic carbocycles. The number of rotatable bonds is 2. The molecule has 0 aromatic heterocycles. The van der Waals surface area contributed by atoms with Crippen LogP contribution < -0.4 is 4.74 Å². The van der Waals surface area contributed by atoms with Crippen molar-refractivity contribution in [2.75, 3.05) is 0 Å². The fourth-order valence-electron chi connectivity index (χ4n) is 5.52. The van der Waals surface area contributed by atoms with Crippen LogP contribution in [0.3, 0.4) is 0 Å². The fraction of sp³-hybridized carbons (Fsp3) is 0.632. The maximum atomic E-state index is 12.9. The van der Waals surface area contributed by atoms with Gasteiger partial charge in [-0.3, -0.25) is 4.79 Å². The molecule has 0 heterocycles. The second kappa shape index (κ2) is 4.59. The lowest BCUT2D eigenvalue weighted by atomic mass is 9.49. The largest absolute Gasteiger partial charge is 0.426 e. The van der Waals surface area contributed by atoms with Crippen LogP contribution >= 0.6 is 0 Å². The van der Waals surface area contributed by atoms with Gasteiger partial charge >= 0.3 is 5.97 Å². The van der Waals surface area contributed by atoms with Crippen LogP contribution in [0.4, 0.5) is 0 Å². The lowest BCUT2D eigenvalue weighted by molar-refractivity contribution is -0.161. The van der Waals surface area contributed by atoms with Gasteiger partial charge in [-0.05, 0) is 81.3 Å². The number of hydrogen-bond donors (Lipinski definition) is 0. The van der Waals surface area contributed by atoms with E-state index in [9.17, 15) is 4.79 Å². The number of ether oxygens (including phenoxy) is 1. The van der Waals surface area contributed by atoms with Crippen LogP contribution in [0, 0.1) is 37.0 Å². The Kier molecular flexibility index (Phi) is 2.92. The van der Waals surface area contributed by atoms with Crippen molar-refractivity contribution in [3.05, 3.63) is 29.3 Å². The van der Waals surface area contributed by atoms with Crippen molar-refractivity contribution in [3.8, 4) is 5.75 Å². The molecule has 4 bridgehead atoms. The average molecular weight is 284 g/mol. The molecule has 0 N–H and O–H groups in total. The van der Waals surface area contributed by atoms with Crippen LogP contribution in [0.1, 0.15) is 49.7 Å². The summed E-state index contributed by atoms with van der Waals surface area (Å²) in [6.45, 7) is 4.05. The first-order valence-corrected chi connectivity index (χ1v) is 8.34. The third-order valence-electron chi connectivity index (χ3n) is 6.07. The normalized spacial score (nSPS) is 36.8. The summed E-state index contributed by atoms with van der Waals surface area (Å²) in [4.78, 5) is 12.9. The number of hydrogen-bond acceptors (Lipinski definition) is 2. The van der Waals surface area contributed by atoms with Crippen molar-refractivity contribution in [1.82, 2.24) is 0 Å². The zero-order chi connectivity index (χ0) is 14.6. The van der Waals surface area contributed by atoms with E-state index in [1.165, 1.54) is 19.3 Å². The summed E-state index contributed by atoms with van der Waals surface area (Å²) in [7, 11) is 0. The molecule has 5 rings (SSSR count). The lowest BCUT2D eigenvalue weighted by Crippen LogP contribution is -2.51. The quantitative estimate of drug-likeness (QED) is 0.593. The molecule has 0 atom stereocenters. The Balaban J connectivity index is 1.60. The van der Waals surface area contributed by atoms with E-state index >= 15 is 0 Å². The van der Waals surface area contributed by atoms with Crippen molar-refractivity contribution >= 4 is 5.97 Å². The Labute approximate surface area is 126 Å². The van der Waals surface area contributed by atoms with Crippen molar-refractivity contribution in [2.45, 2.75) is 52.4 Å². The molecule has 0 saturated heterocycles. The maximum absolute atomic E-state index is 12.9. The number of carbonyl (C=O) groups is 1.